The number of hydrogen-bond donors (Lipinski definition) is 2. The van der Waals surface area contributed by atoms with Gasteiger partial charge in [-0.05, 0) is 25.1 Å². The molecule has 5 heteroatoms. The first kappa shape index (κ1) is 13.0. The summed E-state index contributed by atoms with van der Waals surface area (Å²) in [5.41, 5.74) is 1.30. The van der Waals surface area contributed by atoms with Gasteiger partial charge in [0.1, 0.15) is 11.6 Å². The van der Waals surface area contributed by atoms with Gasteiger partial charge in [0.2, 0.25) is 5.91 Å². The standard InChI is InChI=1S/C14H14FN3O/c1-2-3-4-5-14(19)16-9-13-17-11-7-6-10(15)8-12(11)18-13/h2-8H,9H2,1H3,(H,16,19)(H,17,18)/b3-2+,5-4+. The average Bonchev–Trinajstić information content (AvgIpc) is 2.78. The van der Waals surface area contributed by atoms with E-state index in [9.17, 15) is 9.18 Å². The van der Waals surface area contributed by atoms with E-state index in [2.05, 4.69) is 15.3 Å². The first-order valence-electron chi connectivity index (χ1n) is 5.90. The molecule has 0 spiro atoms. The number of carbonyl (C=O) groups is 1. The molecule has 0 bridgehead atoms. The summed E-state index contributed by atoms with van der Waals surface area (Å²) in [7, 11) is 0. The SMILES string of the molecule is C/C=C/C=C/C(=O)NCc1nc2ccc(F)cc2[nH]1. The first-order chi connectivity index (χ1) is 9.19. The minimum absolute atomic E-state index is 0.204. The lowest BCUT2D eigenvalue weighted by Gasteiger charge is -1.97. The van der Waals surface area contributed by atoms with Crippen LogP contribution in [0.1, 0.15) is 12.7 Å². The molecule has 4 nitrogen and oxygen atoms in total. The molecule has 0 unspecified atom stereocenters. The monoisotopic (exact) mass is 259 g/mol. The lowest BCUT2D eigenvalue weighted by Crippen LogP contribution is -2.20. The number of aromatic amines is 1. The van der Waals surface area contributed by atoms with E-state index < -0.39 is 0 Å². The van der Waals surface area contributed by atoms with Gasteiger partial charge in [0.15, 0.2) is 0 Å². The Bertz CT molecular complexity index is 643. The summed E-state index contributed by atoms with van der Waals surface area (Å²) in [6.45, 7) is 2.14. The van der Waals surface area contributed by atoms with Crippen LogP contribution in [0.2, 0.25) is 0 Å². The predicted octanol–water partition coefficient (Wildman–Crippen LogP) is 2.45. The topological polar surface area (TPSA) is 57.8 Å². The minimum Gasteiger partial charge on any atom is -0.345 e. The summed E-state index contributed by atoms with van der Waals surface area (Å²) in [5, 5.41) is 2.69. The van der Waals surface area contributed by atoms with Crippen molar-refractivity contribution in [3.63, 3.8) is 0 Å². The number of rotatable bonds is 4. The number of nitrogens with zero attached hydrogens (tertiary/aromatic N) is 1. The van der Waals surface area contributed by atoms with Crippen molar-refractivity contribution in [2.75, 3.05) is 0 Å². The maximum atomic E-state index is 13.0. The van der Waals surface area contributed by atoms with Gasteiger partial charge in [-0.2, -0.15) is 0 Å². The Hall–Kier alpha value is -2.43. The zero-order chi connectivity index (χ0) is 13.7. The van der Waals surface area contributed by atoms with Crippen molar-refractivity contribution in [3.05, 3.63) is 54.1 Å². The number of nitrogens with one attached hydrogen (secondary N) is 2. The molecule has 0 saturated carbocycles. The van der Waals surface area contributed by atoms with Crippen LogP contribution in [0.15, 0.2) is 42.5 Å². The molecule has 0 aliphatic rings. The van der Waals surface area contributed by atoms with E-state index in [0.29, 0.717) is 16.9 Å². The largest absolute Gasteiger partial charge is 0.345 e. The molecule has 1 amide bonds. The summed E-state index contributed by atoms with van der Waals surface area (Å²) >= 11 is 0. The van der Waals surface area contributed by atoms with Gasteiger partial charge in [0.05, 0.1) is 17.6 Å². The Morgan fingerprint density at radius 1 is 1.47 bits per heavy atom. The second kappa shape index (κ2) is 5.95. The van der Waals surface area contributed by atoms with Crippen molar-refractivity contribution in [1.29, 1.82) is 0 Å². The molecular formula is C14H14FN3O. The molecule has 0 saturated heterocycles. The third-order valence-corrected chi connectivity index (χ3v) is 2.47. The summed E-state index contributed by atoms with van der Waals surface area (Å²) in [6, 6.07) is 4.32. The molecule has 1 heterocycles. The van der Waals surface area contributed by atoms with E-state index >= 15 is 0 Å². The van der Waals surface area contributed by atoms with Gasteiger partial charge in [-0.25, -0.2) is 9.37 Å². The third-order valence-electron chi connectivity index (χ3n) is 2.47. The highest BCUT2D eigenvalue weighted by molar-refractivity contribution is 5.87. The molecule has 2 aromatic rings. The van der Waals surface area contributed by atoms with E-state index in [0.717, 1.165) is 0 Å². The van der Waals surface area contributed by atoms with E-state index in [-0.39, 0.29) is 18.3 Å². The van der Waals surface area contributed by atoms with Crippen LogP contribution in [-0.4, -0.2) is 15.9 Å². The van der Waals surface area contributed by atoms with Crippen molar-refractivity contribution in [2.45, 2.75) is 13.5 Å². The van der Waals surface area contributed by atoms with Crippen LogP contribution in [-0.2, 0) is 11.3 Å². The quantitative estimate of drug-likeness (QED) is 0.654. The molecule has 0 aliphatic heterocycles. The Balaban J connectivity index is 2.00. The van der Waals surface area contributed by atoms with Crippen LogP contribution >= 0.6 is 0 Å². The van der Waals surface area contributed by atoms with Gasteiger partial charge in [0, 0.05) is 6.08 Å². The van der Waals surface area contributed by atoms with Crippen LogP contribution in [0.4, 0.5) is 4.39 Å². The lowest BCUT2D eigenvalue weighted by molar-refractivity contribution is -0.116. The molecule has 1 aromatic heterocycles. The van der Waals surface area contributed by atoms with Gasteiger partial charge in [-0.3, -0.25) is 4.79 Å². The molecule has 98 valence electrons. The average molecular weight is 259 g/mol. The third kappa shape index (κ3) is 3.51. The number of carbonyl (C=O) groups excluding carboxylic acids is 1. The lowest BCUT2D eigenvalue weighted by atomic mass is 10.3. The van der Waals surface area contributed by atoms with Crippen molar-refractivity contribution in [3.8, 4) is 0 Å². The normalized spacial score (nSPS) is 11.7. The molecule has 1 aromatic carbocycles. The highest BCUT2D eigenvalue weighted by Gasteiger charge is 2.04. The van der Waals surface area contributed by atoms with E-state index in [1.165, 1.54) is 18.2 Å². The molecule has 0 aliphatic carbocycles. The second-order valence-electron chi connectivity index (χ2n) is 3.95. The summed E-state index contributed by atoms with van der Waals surface area (Å²) in [6.07, 6.45) is 6.69. The molecule has 0 atom stereocenters. The summed E-state index contributed by atoms with van der Waals surface area (Å²) in [5.74, 6) is 0.0687. The number of H-pyrrole nitrogens is 1. The number of halogens is 1. The minimum atomic E-state index is -0.318. The van der Waals surface area contributed by atoms with Crippen molar-refractivity contribution >= 4 is 16.9 Å². The molecule has 2 N–H and O–H groups in total. The number of hydrogen-bond acceptors (Lipinski definition) is 2. The van der Waals surface area contributed by atoms with E-state index in [1.807, 2.05) is 13.0 Å². The zero-order valence-corrected chi connectivity index (χ0v) is 10.5. The second-order valence-corrected chi connectivity index (χ2v) is 3.95. The maximum Gasteiger partial charge on any atom is 0.244 e. The molecule has 2 rings (SSSR count). The molecule has 0 fully saturated rings. The van der Waals surface area contributed by atoms with Crippen LogP contribution in [0.3, 0.4) is 0 Å². The number of imidazole rings is 1. The van der Waals surface area contributed by atoms with E-state index in [4.69, 9.17) is 0 Å². The number of allylic oxidation sites excluding steroid dienone is 3. The highest BCUT2D eigenvalue weighted by atomic mass is 19.1. The Morgan fingerprint density at radius 3 is 3.11 bits per heavy atom. The van der Waals surface area contributed by atoms with E-state index in [1.54, 1.807) is 18.2 Å². The zero-order valence-electron chi connectivity index (χ0n) is 10.5. The maximum absolute atomic E-state index is 13.0. The van der Waals surface area contributed by atoms with Crippen molar-refractivity contribution < 1.29 is 9.18 Å². The van der Waals surface area contributed by atoms with Gasteiger partial charge >= 0.3 is 0 Å². The van der Waals surface area contributed by atoms with Crippen LogP contribution < -0.4 is 5.32 Å². The first-order valence-corrected chi connectivity index (χ1v) is 5.90. The fourth-order valence-electron chi connectivity index (χ4n) is 1.60. The highest BCUT2D eigenvalue weighted by Crippen LogP contribution is 2.12. The summed E-state index contributed by atoms with van der Waals surface area (Å²) < 4.78 is 13.0. The predicted molar refractivity (Wildman–Crippen MR) is 71.9 cm³/mol. The number of amides is 1. The number of benzene rings is 1. The Kier molecular flexibility index (Phi) is 4.07. The number of fused-ring (bicyclic) bond motifs is 1. The molecular weight excluding hydrogens is 245 g/mol. The van der Waals surface area contributed by atoms with Crippen LogP contribution in [0, 0.1) is 5.82 Å². The molecule has 19 heavy (non-hydrogen) atoms. The van der Waals surface area contributed by atoms with Gasteiger partial charge in [0.25, 0.3) is 0 Å². The van der Waals surface area contributed by atoms with Crippen LogP contribution in [0.5, 0.6) is 0 Å². The Labute approximate surface area is 110 Å². The van der Waals surface area contributed by atoms with Crippen molar-refractivity contribution in [1.82, 2.24) is 15.3 Å². The van der Waals surface area contributed by atoms with Gasteiger partial charge in [-0.1, -0.05) is 18.2 Å². The smallest absolute Gasteiger partial charge is 0.244 e. The number of aromatic nitrogens is 2. The molecule has 0 radical (unpaired) electrons. The fourth-order valence-corrected chi connectivity index (χ4v) is 1.60. The Morgan fingerprint density at radius 2 is 2.32 bits per heavy atom. The fraction of sp³-hybridized carbons (Fsp3) is 0.143. The summed E-state index contributed by atoms with van der Waals surface area (Å²) in [4.78, 5) is 18.6. The van der Waals surface area contributed by atoms with Crippen molar-refractivity contribution in [2.24, 2.45) is 0 Å². The van der Waals surface area contributed by atoms with Gasteiger partial charge < -0.3 is 10.3 Å². The van der Waals surface area contributed by atoms with Gasteiger partial charge in [-0.15, -0.1) is 0 Å². The van der Waals surface area contributed by atoms with Crippen LogP contribution in [0.25, 0.3) is 11.0 Å².